The van der Waals surface area contributed by atoms with E-state index in [9.17, 15) is 0 Å². The maximum Gasteiger partial charge on any atom is 0.128 e. The number of nitrogens with two attached hydrogens (primary N) is 1. The molecule has 1 heterocycles. The van der Waals surface area contributed by atoms with Gasteiger partial charge in [0.1, 0.15) is 11.1 Å². The summed E-state index contributed by atoms with van der Waals surface area (Å²) in [7, 11) is 0. The first-order valence-electron chi connectivity index (χ1n) is 3.93. The van der Waals surface area contributed by atoms with Gasteiger partial charge in [-0.3, -0.25) is 4.99 Å². The van der Waals surface area contributed by atoms with E-state index in [2.05, 4.69) is 10.1 Å². The molecule has 0 bridgehead atoms. The summed E-state index contributed by atoms with van der Waals surface area (Å²) in [6.45, 7) is 0. The van der Waals surface area contributed by atoms with E-state index in [1.54, 1.807) is 5.55 Å². The summed E-state index contributed by atoms with van der Waals surface area (Å²) >= 11 is 1.48. The number of nitrogens with zero attached hydrogens (tertiary/aromatic N) is 2. The Kier molecular flexibility index (Phi) is 2.31. The molecule has 0 radical (unpaired) electrons. The van der Waals surface area contributed by atoms with Gasteiger partial charge in [0.2, 0.25) is 0 Å². The Hall–Kier alpha value is -1.29. The van der Waals surface area contributed by atoms with E-state index in [0.717, 1.165) is 10.6 Å². The van der Waals surface area contributed by atoms with Gasteiger partial charge in [0, 0.05) is 0 Å². The largest absolute Gasteiger partial charge is 0.322 e. The highest BCUT2D eigenvalue weighted by Crippen LogP contribution is 2.28. The zero-order chi connectivity index (χ0) is 9.10. The van der Waals surface area contributed by atoms with Crippen LogP contribution in [0.2, 0.25) is 0 Å². The molecular formula is C9H9N3S. The monoisotopic (exact) mass is 191 g/mol. The van der Waals surface area contributed by atoms with Gasteiger partial charge in [-0.2, -0.15) is 5.10 Å². The minimum Gasteiger partial charge on any atom is -0.322 e. The lowest BCUT2D eigenvalue weighted by Crippen LogP contribution is -2.04. The summed E-state index contributed by atoms with van der Waals surface area (Å²) < 4.78 is 0. The van der Waals surface area contributed by atoms with Crippen molar-refractivity contribution in [2.45, 2.75) is 6.04 Å². The zero-order valence-corrected chi connectivity index (χ0v) is 7.74. The number of hydrogen-bond donors (Lipinski definition) is 1. The molecule has 0 aliphatic carbocycles. The predicted molar refractivity (Wildman–Crippen MR) is 56.9 cm³/mol. The van der Waals surface area contributed by atoms with E-state index in [1.165, 1.54) is 11.8 Å². The first-order chi connectivity index (χ1) is 6.42. The van der Waals surface area contributed by atoms with Crippen molar-refractivity contribution in [3.63, 3.8) is 0 Å². The highest BCUT2D eigenvalue weighted by atomic mass is 32.2. The molecule has 2 rings (SSSR count). The Labute approximate surface area is 80.7 Å². The predicted octanol–water partition coefficient (Wildman–Crippen LogP) is 1.77. The van der Waals surface area contributed by atoms with Crippen molar-refractivity contribution >= 4 is 22.4 Å². The SMILES string of the molecule is NN=C1SC=NC1c1ccccc1. The topological polar surface area (TPSA) is 50.7 Å². The van der Waals surface area contributed by atoms with Gasteiger partial charge in [-0.25, -0.2) is 0 Å². The van der Waals surface area contributed by atoms with Crippen LogP contribution in [0.25, 0.3) is 0 Å². The number of aliphatic imine (C=N–C) groups is 1. The molecule has 1 unspecified atom stereocenters. The van der Waals surface area contributed by atoms with E-state index in [0.29, 0.717) is 0 Å². The van der Waals surface area contributed by atoms with Crippen LogP contribution in [-0.4, -0.2) is 10.6 Å². The first kappa shape index (κ1) is 8.31. The van der Waals surface area contributed by atoms with Crippen molar-refractivity contribution in [1.82, 2.24) is 0 Å². The molecule has 0 aromatic heterocycles. The van der Waals surface area contributed by atoms with E-state index >= 15 is 0 Å². The lowest BCUT2D eigenvalue weighted by molar-refractivity contribution is 0.981. The van der Waals surface area contributed by atoms with Crippen LogP contribution in [0.5, 0.6) is 0 Å². The lowest BCUT2D eigenvalue weighted by Gasteiger charge is -2.06. The number of hydrogen-bond acceptors (Lipinski definition) is 4. The van der Waals surface area contributed by atoms with Crippen LogP contribution in [0, 0.1) is 0 Å². The normalized spacial score (nSPS) is 24.0. The van der Waals surface area contributed by atoms with E-state index < -0.39 is 0 Å². The molecular weight excluding hydrogens is 182 g/mol. The maximum absolute atomic E-state index is 5.25. The van der Waals surface area contributed by atoms with Crippen molar-refractivity contribution in [3.8, 4) is 0 Å². The average molecular weight is 191 g/mol. The average Bonchev–Trinajstić information content (AvgIpc) is 2.67. The Morgan fingerprint density at radius 2 is 2.08 bits per heavy atom. The van der Waals surface area contributed by atoms with Crippen molar-refractivity contribution in [1.29, 1.82) is 0 Å². The maximum atomic E-state index is 5.25. The summed E-state index contributed by atoms with van der Waals surface area (Å²) in [5.41, 5.74) is 2.91. The van der Waals surface area contributed by atoms with Gasteiger partial charge in [-0.15, -0.1) is 0 Å². The standard InChI is InChI=1S/C9H9N3S/c10-12-9-8(11-6-13-9)7-4-2-1-3-5-7/h1-6,8H,10H2. The molecule has 0 spiro atoms. The molecule has 0 amide bonds. The smallest absolute Gasteiger partial charge is 0.128 e. The second-order valence-electron chi connectivity index (χ2n) is 2.65. The molecule has 1 atom stereocenters. The zero-order valence-electron chi connectivity index (χ0n) is 6.92. The van der Waals surface area contributed by atoms with Gasteiger partial charge in [-0.1, -0.05) is 42.1 Å². The van der Waals surface area contributed by atoms with E-state index in [4.69, 9.17) is 5.84 Å². The Morgan fingerprint density at radius 3 is 2.77 bits per heavy atom. The minimum atomic E-state index is 0.0104. The van der Waals surface area contributed by atoms with Crippen LogP contribution in [0.15, 0.2) is 40.4 Å². The van der Waals surface area contributed by atoms with E-state index in [1.807, 2.05) is 30.3 Å². The number of rotatable bonds is 1. The van der Waals surface area contributed by atoms with Crippen LogP contribution in [-0.2, 0) is 0 Å². The number of benzene rings is 1. The van der Waals surface area contributed by atoms with E-state index in [-0.39, 0.29) is 6.04 Å². The molecule has 1 aromatic carbocycles. The molecule has 0 fully saturated rings. The van der Waals surface area contributed by atoms with Gasteiger partial charge >= 0.3 is 0 Å². The third-order valence-electron chi connectivity index (χ3n) is 1.86. The molecule has 4 heteroatoms. The second-order valence-corrected chi connectivity index (χ2v) is 3.52. The van der Waals surface area contributed by atoms with Crippen LogP contribution in [0.3, 0.4) is 0 Å². The molecule has 13 heavy (non-hydrogen) atoms. The molecule has 1 aliphatic rings. The highest BCUT2D eigenvalue weighted by Gasteiger charge is 2.20. The molecule has 1 aromatic rings. The molecule has 0 saturated heterocycles. The van der Waals surface area contributed by atoms with Crippen molar-refractivity contribution in [2.24, 2.45) is 15.9 Å². The molecule has 0 saturated carbocycles. The van der Waals surface area contributed by atoms with Gasteiger partial charge < -0.3 is 5.84 Å². The first-order valence-corrected chi connectivity index (χ1v) is 4.81. The van der Waals surface area contributed by atoms with Crippen LogP contribution >= 0.6 is 11.8 Å². The van der Waals surface area contributed by atoms with Crippen LogP contribution in [0.4, 0.5) is 0 Å². The van der Waals surface area contributed by atoms with Gasteiger partial charge in [0.25, 0.3) is 0 Å². The van der Waals surface area contributed by atoms with Gasteiger partial charge in [0.05, 0.1) is 5.55 Å². The molecule has 66 valence electrons. The summed E-state index contributed by atoms with van der Waals surface area (Å²) in [5.74, 6) is 5.25. The Morgan fingerprint density at radius 1 is 1.31 bits per heavy atom. The number of thioether (sulfide) groups is 1. The van der Waals surface area contributed by atoms with Crippen molar-refractivity contribution in [3.05, 3.63) is 35.9 Å². The van der Waals surface area contributed by atoms with Crippen LogP contribution < -0.4 is 5.84 Å². The molecule has 3 nitrogen and oxygen atoms in total. The summed E-state index contributed by atoms with van der Waals surface area (Å²) in [6, 6.07) is 10.0. The summed E-state index contributed by atoms with van der Waals surface area (Å²) in [6.07, 6.45) is 0. The fourth-order valence-corrected chi connectivity index (χ4v) is 1.92. The minimum absolute atomic E-state index is 0.0104. The summed E-state index contributed by atoms with van der Waals surface area (Å²) in [4.78, 5) is 4.29. The third kappa shape index (κ3) is 1.58. The van der Waals surface area contributed by atoms with Crippen LogP contribution in [0.1, 0.15) is 11.6 Å². The molecule has 2 N–H and O–H groups in total. The van der Waals surface area contributed by atoms with Gasteiger partial charge in [-0.05, 0) is 5.56 Å². The van der Waals surface area contributed by atoms with Gasteiger partial charge in [0.15, 0.2) is 0 Å². The Bertz CT molecular complexity index is 345. The Balaban J connectivity index is 2.32. The molecule has 1 aliphatic heterocycles. The van der Waals surface area contributed by atoms with Crippen molar-refractivity contribution in [2.75, 3.05) is 0 Å². The fraction of sp³-hybridized carbons (Fsp3) is 0.111. The second kappa shape index (κ2) is 3.62. The number of hydrazone groups is 1. The third-order valence-corrected chi connectivity index (χ3v) is 2.66. The fourth-order valence-electron chi connectivity index (χ4n) is 1.24. The lowest BCUT2D eigenvalue weighted by atomic mass is 10.1. The quantitative estimate of drug-likeness (QED) is 0.543. The highest BCUT2D eigenvalue weighted by molar-refractivity contribution is 8.25. The van der Waals surface area contributed by atoms with Crippen molar-refractivity contribution < 1.29 is 0 Å². The summed E-state index contributed by atoms with van der Waals surface area (Å²) in [5, 5.41) is 4.55.